The summed E-state index contributed by atoms with van der Waals surface area (Å²) in [5.74, 6) is 0.993. The highest BCUT2D eigenvalue weighted by atomic mass is 16.3. The third kappa shape index (κ3) is 2.79. The third-order valence-corrected chi connectivity index (χ3v) is 3.92. The molecule has 1 aromatic carbocycles. The number of carbonyl (C=O) groups excluding carboxylic acids is 1. The molecule has 0 fully saturated rings. The van der Waals surface area contributed by atoms with Gasteiger partial charge in [-0.25, -0.2) is 0 Å². The Hall–Kier alpha value is -2.23. The maximum absolute atomic E-state index is 12.2. The van der Waals surface area contributed by atoms with E-state index in [1.807, 2.05) is 19.1 Å². The summed E-state index contributed by atoms with van der Waals surface area (Å²) in [6.07, 6.45) is 3.00. The van der Waals surface area contributed by atoms with Crippen molar-refractivity contribution >= 4 is 17.3 Å². The number of furan rings is 1. The second-order valence-corrected chi connectivity index (χ2v) is 5.44. The number of rotatable bonds is 3. The zero-order valence-corrected chi connectivity index (χ0v) is 12.5. The molecule has 4 heteroatoms. The second-order valence-electron chi connectivity index (χ2n) is 5.44. The van der Waals surface area contributed by atoms with E-state index in [9.17, 15) is 4.79 Å². The minimum Gasteiger partial charge on any atom is -0.456 e. The molecule has 1 aromatic heterocycles. The van der Waals surface area contributed by atoms with E-state index in [0.717, 1.165) is 37.3 Å². The molecule has 2 heterocycles. The van der Waals surface area contributed by atoms with Crippen LogP contribution in [-0.4, -0.2) is 19.5 Å². The predicted octanol–water partition coefficient (Wildman–Crippen LogP) is 3.48. The molecule has 110 valence electrons. The molecule has 0 spiro atoms. The topological polar surface area (TPSA) is 45.5 Å². The molecule has 21 heavy (non-hydrogen) atoms. The summed E-state index contributed by atoms with van der Waals surface area (Å²) in [4.78, 5) is 14.4. The summed E-state index contributed by atoms with van der Waals surface area (Å²) >= 11 is 0. The van der Waals surface area contributed by atoms with Gasteiger partial charge in [0.2, 0.25) is 0 Å². The maximum Gasteiger partial charge on any atom is 0.291 e. The Labute approximate surface area is 124 Å². The second kappa shape index (κ2) is 5.64. The van der Waals surface area contributed by atoms with E-state index in [-0.39, 0.29) is 5.91 Å². The number of hydrogen-bond acceptors (Lipinski definition) is 3. The first-order valence-corrected chi connectivity index (χ1v) is 7.41. The zero-order valence-electron chi connectivity index (χ0n) is 12.5. The van der Waals surface area contributed by atoms with E-state index in [4.69, 9.17) is 4.42 Å². The zero-order chi connectivity index (χ0) is 14.8. The van der Waals surface area contributed by atoms with Crippen molar-refractivity contribution in [3.63, 3.8) is 0 Å². The number of nitrogens with one attached hydrogen (secondary N) is 1. The SMILES string of the molecule is CCc1ccc(C(=O)Nc2ccc3c(c2)CCCN3C)o1. The van der Waals surface area contributed by atoms with Gasteiger partial charge in [-0.15, -0.1) is 0 Å². The first kappa shape index (κ1) is 13.7. The van der Waals surface area contributed by atoms with Crippen molar-refractivity contribution in [2.45, 2.75) is 26.2 Å². The van der Waals surface area contributed by atoms with Gasteiger partial charge in [-0.3, -0.25) is 4.79 Å². The van der Waals surface area contributed by atoms with Gasteiger partial charge in [0.25, 0.3) is 5.91 Å². The summed E-state index contributed by atoms with van der Waals surface area (Å²) in [6, 6.07) is 9.65. The van der Waals surface area contributed by atoms with Crippen LogP contribution in [0.5, 0.6) is 0 Å². The van der Waals surface area contributed by atoms with E-state index in [0.29, 0.717) is 5.76 Å². The average molecular weight is 284 g/mol. The van der Waals surface area contributed by atoms with Crippen molar-refractivity contribution < 1.29 is 9.21 Å². The summed E-state index contributed by atoms with van der Waals surface area (Å²) < 4.78 is 5.48. The minimum atomic E-state index is -0.196. The van der Waals surface area contributed by atoms with Crippen LogP contribution in [0.15, 0.2) is 34.7 Å². The highest BCUT2D eigenvalue weighted by molar-refractivity contribution is 6.02. The predicted molar refractivity (Wildman–Crippen MR) is 84.1 cm³/mol. The number of aryl methyl sites for hydroxylation is 2. The van der Waals surface area contributed by atoms with Crippen LogP contribution in [0.1, 0.15) is 35.2 Å². The maximum atomic E-state index is 12.2. The van der Waals surface area contributed by atoms with Gasteiger partial charge in [-0.05, 0) is 48.7 Å². The summed E-state index contributed by atoms with van der Waals surface area (Å²) in [5.41, 5.74) is 3.37. The monoisotopic (exact) mass is 284 g/mol. The van der Waals surface area contributed by atoms with Gasteiger partial charge in [0.05, 0.1) is 0 Å². The van der Waals surface area contributed by atoms with Crippen LogP contribution in [-0.2, 0) is 12.8 Å². The molecule has 1 aliphatic heterocycles. The van der Waals surface area contributed by atoms with Crippen LogP contribution in [0, 0.1) is 0 Å². The van der Waals surface area contributed by atoms with Crippen LogP contribution in [0.25, 0.3) is 0 Å². The van der Waals surface area contributed by atoms with Gasteiger partial charge in [0.15, 0.2) is 5.76 Å². The molecule has 0 radical (unpaired) electrons. The lowest BCUT2D eigenvalue weighted by Gasteiger charge is -2.27. The molecule has 0 aliphatic carbocycles. The molecule has 0 atom stereocenters. The largest absolute Gasteiger partial charge is 0.456 e. The molecule has 0 saturated carbocycles. The Morgan fingerprint density at radius 3 is 2.95 bits per heavy atom. The Balaban J connectivity index is 1.77. The Morgan fingerprint density at radius 2 is 2.19 bits per heavy atom. The number of benzene rings is 1. The number of hydrogen-bond donors (Lipinski definition) is 1. The molecule has 4 nitrogen and oxygen atoms in total. The van der Waals surface area contributed by atoms with Crippen molar-refractivity contribution in [2.24, 2.45) is 0 Å². The van der Waals surface area contributed by atoms with Crippen LogP contribution >= 0.6 is 0 Å². The molecule has 1 N–H and O–H groups in total. The average Bonchev–Trinajstić information content (AvgIpc) is 2.96. The molecule has 3 rings (SSSR count). The first-order valence-electron chi connectivity index (χ1n) is 7.41. The highest BCUT2D eigenvalue weighted by Crippen LogP contribution is 2.28. The van der Waals surface area contributed by atoms with Gasteiger partial charge in [0, 0.05) is 31.4 Å². The van der Waals surface area contributed by atoms with E-state index in [2.05, 4.69) is 29.4 Å². The van der Waals surface area contributed by atoms with Crippen molar-refractivity contribution in [1.82, 2.24) is 0 Å². The first-order chi connectivity index (χ1) is 10.2. The van der Waals surface area contributed by atoms with Crippen LogP contribution in [0.3, 0.4) is 0 Å². The van der Waals surface area contributed by atoms with Crippen molar-refractivity contribution in [1.29, 1.82) is 0 Å². The Kier molecular flexibility index (Phi) is 3.69. The van der Waals surface area contributed by atoms with E-state index < -0.39 is 0 Å². The quantitative estimate of drug-likeness (QED) is 0.938. The number of fused-ring (bicyclic) bond motifs is 1. The van der Waals surface area contributed by atoms with E-state index >= 15 is 0 Å². The van der Waals surface area contributed by atoms with Crippen molar-refractivity contribution in [2.75, 3.05) is 23.8 Å². The van der Waals surface area contributed by atoms with Gasteiger partial charge < -0.3 is 14.6 Å². The molecule has 1 amide bonds. The Morgan fingerprint density at radius 1 is 1.33 bits per heavy atom. The van der Waals surface area contributed by atoms with E-state index in [1.54, 1.807) is 6.07 Å². The van der Waals surface area contributed by atoms with E-state index in [1.165, 1.54) is 11.3 Å². The molecule has 0 bridgehead atoms. The lowest BCUT2D eigenvalue weighted by molar-refractivity contribution is 0.0995. The van der Waals surface area contributed by atoms with Crippen LogP contribution in [0.4, 0.5) is 11.4 Å². The fraction of sp³-hybridized carbons (Fsp3) is 0.353. The number of nitrogens with zero attached hydrogens (tertiary/aromatic N) is 1. The standard InChI is InChI=1S/C17H20N2O2/c1-3-14-7-9-16(21-14)17(20)18-13-6-8-15-12(11-13)5-4-10-19(15)2/h6-9,11H,3-5,10H2,1-2H3,(H,18,20). The molecule has 0 saturated heterocycles. The van der Waals surface area contributed by atoms with Crippen molar-refractivity contribution in [3.8, 4) is 0 Å². The lowest BCUT2D eigenvalue weighted by atomic mass is 10.0. The summed E-state index contributed by atoms with van der Waals surface area (Å²) in [6.45, 7) is 3.09. The molecule has 0 unspecified atom stereocenters. The Bertz CT molecular complexity index is 661. The van der Waals surface area contributed by atoms with Gasteiger partial charge in [-0.2, -0.15) is 0 Å². The third-order valence-electron chi connectivity index (χ3n) is 3.92. The van der Waals surface area contributed by atoms with Crippen LogP contribution in [0.2, 0.25) is 0 Å². The molecule has 1 aliphatic rings. The van der Waals surface area contributed by atoms with Gasteiger partial charge in [0.1, 0.15) is 5.76 Å². The fourth-order valence-corrected chi connectivity index (χ4v) is 2.75. The number of anilines is 2. The minimum absolute atomic E-state index is 0.196. The van der Waals surface area contributed by atoms with Gasteiger partial charge in [-0.1, -0.05) is 6.92 Å². The lowest BCUT2D eigenvalue weighted by Crippen LogP contribution is -2.24. The fourth-order valence-electron chi connectivity index (χ4n) is 2.75. The molecular weight excluding hydrogens is 264 g/mol. The summed E-state index contributed by atoms with van der Waals surface area (Å²) in [5, 5.41) is 2.91. The van der Waals surface area contributed by atoms with Crippen molar-refractivity contribution in [3.05, 3.63) is 47.4 Å². The number of amides is 1. The smallest absolute Gasteiger partial charge is 0.291 e. The van der Waals surface area contributed by atoms with Crippen LogP contribution < -0.4 is 10.2 Å². The molecule has 2 aromatic rings. The molecular formula is C17H20N2O2. The van der Waals surface area contributed by atoms with Gasteiger partial charge >= 0.3 is 0 Å². The normalized spacial score (nSPS) is 13.9. The highest BCUT2D eigenvalue weighted by Gasteiger charge is 2.15. The number of carbonyl (C=O) groups is 1. The summed E-state index contributed by atoms with van der Waals surface area (Å²) in [7, 11) is 2.10.